The van der Waals surface area contributed by atoms with Crippen molar-refractivity contribution in [2.24, 2.45) is 5.92 Å². The van der Waals surface area contributed by atoms with Crippen LogP contribution in [0.3, 0.4) is 0 Å². The number of nitrogens with one attached hydrogen (secondary N) is 2. The average molecular weight is 270 g/mol. The highest BCUT2D eigenvalue weighted by Crippen LogP contribution is 2.17. The fourth-order valence-corrected chi connectivity index (χ4v) is 2.10. The number of anilines is 1. The summed E-state index contributed by atoms with van der Waals surface area (Å²) in [5, 5.41) is 6.20. The summed E-state index contributed by atoms with van der Waals surface area (Å²) in [6.45, 7) is 3.99. The van der Waals surface area contributed by atoms with Crippen molar-refractivity contribution in [3.8, 4) is 0 Å². The standard InChI is InChI=1S/C13H19N3O.ClH/c1-10-2-3-12(9-15-10)16-13(17)8-11-4-6-14-7-5-11;/h2-3,9,11,14H,4-8H2,1H3,(H,16,17);1H. The van der Waals surface area contributed by atoms with Gasteiger partial charge in [-0.05, 0) is 50.9 Å². The molecule has 4 nitrogen and oxygen atoms in total. The summed E-state index contributed by atoms with van der Waals surface area (Å²) in [4.78, 5) is 16.0. The molecule has 2 heterocycles. The average Bonchev–Trinajstić information content (AvgIpc) is 2.33. The summed E-state index contributed by atoms with van der Waals surface area (Å²) in [7, 11) is 0. The smallest absolute Gasteiger partial charge is 0.224 e. The number of hydrogen-bond acceptors (Lipinski definition) is 3. The van der Waals surface area contributed by atoms with Gasteiger partial charge in [-0.3, -0.25) is 9.78 Å². The second kappa shape index (κ2) is 7.34. The normalized spacial score (nSPS) is 15.8. The predicted octanol–water partition coefficient (Wildman–Crippen LogP) is 2.14. The zero-order valence-corrected chi connectivity index (χ0v) is 11.4. The number of amides is 1. The Morgan fingerprint density at radius 1 is 1.44 bits per heavy atom. The van der Waals surface area contributed by atoms with Crippen molar-refractivity contribution >= 4 is 24.0 Å². The maximum absolute atomic E-state index is 11.8. The van der Waals surface area contributed by atoms with E-state index in [9.17, 15) is 4.79 Å². The van der Waals surface area contributed by atoms with Crippen molar-refractivity contribution < 1.29 is 4.79 Å². The molecule has 0 spiro atoms. The van der Waals surface area contributed by atoms with E-state index in [0.29, 0.717) is 12.3 Å². The Kier molecular flexibility index (Phi) is 6.09. The topological polar surface area (TPSA) is 54.0 Å². The molecule has 0 radical (unpaired) electrons. The van der Waals surface area contributed by atoms with Crippen molar-refractivity contribution in [1.29, 1.82) is 0 Å². The number of carbonyl (C=O) groups is 1. The van der Waals surface area contributed by atoms with Crippen LogP contribution in [0.5, 0.6) is 0 Å². The molecule has 1 aromatic rings. The molecule has 0 saturated carbocycles. The molecule has 1 amide bonds. The SMILES string of the molecule is Cc1ccc(NC(=O)CC2CCNCC2)cn1.Cl. The van der Waals surface area contributed by atoms with Crippen molar-refractivity contribution in [2.75, 3.05) is 18.4 Å². The molecule has 100 valence electrons. The largest absolute Gasteiger partial charge is 0.325 e. The van der Waals surface area contributed by atoms with Crippen molar-refractivity contribution in [1.82, 2.24) is 10.3 Å². The summed E-state index contributed by atoms with van der Waals surface area (Å²) >= 11 is 0. The monoisotopic (exact) mass is 269 g/mol. The van der Waals surface area contributed by atoms with Crippen LogP contribution in [-0.4, -0.2) is 24.0 Å². The Labute approximate surface area is 114 Å². The van der Waals surface area contributed by atoms with Crippen LogP contribution in [0.25, 0.3) is 0 Å². The highest BCUT2D eigenvalue weighted by molar-refractivity contribution is 5.90. The van der Waals surface area contributed by atoms with Crippen LogP contribution in [0.4, 0.5) is 5.69 Å². The van der Waals surface area contributed by atoms with Gasteiger partial charge in [0, 0.05) is 12.1 Å². The molecule has 1 saturated heterocycles. The van der Waals surface area contributed by atoms with E-state index in [-0.39, 0.29) is 18.3 Å². The maximum atomic E-state index is 11.8. The second-order valence-corrected chi connectivity index (χ2v) is 4.63. The van der Waals surface area contributed by atoms with Gasteiger partial charge in [-0.15, -0.1) is 12.4 Å². The van der Waals surface area contributed by atoms with Crippen LogP contribution in [0.15, 0.2) is 18.3 Å². The first kappa shape index (κ1) is 14.9. The molecule has 0 unspecified atom stereocenters. The summed E-state index contributed by atoms with van der Waals surface area (Å²) in [6, 6.07) is 3.79. The number of aromatic nitrogens is 1. The Hall–Kier alpha value is -1.13. The van der Waals surface area contributed by atoms with Gasteiger partial charge in [0.1, 0.15) is 0 Å². The predicted molar refractivity (Wildman–Crippen MR) is 75.1 cm³/mol. The molecular formula is C13H20ClN3O. The highest BCUT2D eigenvalue weighted by atomic mass is 35.5. The summed E-state index contributed by atoms with van der Waals surface area (Å²) < 4.78 is 0. The van der Waals surface area contributed by atoms with E-state index < -0.39 is 0 Å². The number of rotatable bonds is 3. The van der Waals surface area contributed by atoms with E-state index in [1.807, 2.05) is 19.1 Å². The number of hydrogen-bond donors (Lipinski definition) is 2. The number of pyridine rings is 1. The summed E-state index contributed by atoms with van der Waals surface area (Å²) in [5.41, 5.74) is 1.75. The number of carbonyl (C=O) groups excluding carboxylic acids is 1. The van der Waals surface area contributed by atoms with E-state index in [2.05, 4.69) is 15.6 Å². The van der Waals surface area contributed by atoms with Gasteiger partial charge in [-0.1, -0.05) is 0 Å². The molecule has 1 aliphatic rings. The summed E-state index contributed by atoms with van der Waals surface area (Å²) in [6.07, 6.45) is 4.52. The Balaban J connectivity index is 0.00000162. The van der Waals surface area contributed by atoms with Crippen molar-refractivity contribution in [3.05, 3.63) is 24.0 Å². The molecular weight excluding hydrogens is 250 g/mol. The number of nitrogens with zero attached hydrogens (tertiary/aromatic N) is 1. The number of aryl methyl sites for hydroxylation is 1. The maximum Gasteiger partial charge on any atom is 0.224 e. The van der Waals surface area contributed by atoms with E-state index in [4.69, 9.17) is 0 Å². The van der Waals surface area contributed by atoms with Crippen LogP contribution in [0.1, 0.15) is 25.0 Å². The molecule has 1 aliphatic heterocycles. The molecule has 1 fully saturated rings. The number of halogens is 1. The van der Waals surface area contributed by atoms with Crippen molar-refractivity contribution in [2.45, 2.75) is 26.2 Å². The minimum Gasteiger partial charge on any atom is -0.325 e. The third-order valence-corrected chi connectivity index (χ3v) is 3.13. The Morgan fingerprint density at radius 3 is 2.78 bits per heavy atom. The van der Waals surface area contributed by atoms with E-state index in [1.54, 1.807) is 6.20 Å². The minimum atomic E-state index is 0. The molecule has 0 atom stereocenters. The molecule has 18 heavy (non-hydrogen) atoms. The zero-order valence-electron chi connectivity index (χ0n) is 10.6. The van der Waals surface area contributed by atoms with Crippen LogP contribution in [0.2, 0.25) is 0 Å². The third kappa shape index (κ3) is 4.63. The zero-order chi connectivity index (χ0) is 12.1. The molecule has 5 heteroatoms. The fraction of sp³-hybridized carbons (Fsp3) is 0.538. The lowest BCUT2D eigenvalue weighted by Gasteiger charge is -2.21. The van der Waals surface area contributed by atoms with Crippen LogP contribution >= 0.6 is 12.4 Å². The van der Waals surface area contributed by atoms with Crippen LogP contribution in [0, 0.1) is 12.8 Å². The molecule has 2 N–H and O–H groups in total. The minimum absolute atomic E-state index is 0. The molecule has 0 aliphatic carbocycles. The molecule has 0 aromatic carbocycles. The number of piperidine rings is 1. The summed E-state index contributed by atoms with van der Waals surface area (Å²) in [5.74, 6) is 0.622. The van der Waals surface area contributed by atoms with Gasteiger partial charge < -0.3 is 10.6 Å². The lowest BCUT2D eigenvalue weighted by molar-refractivity contribution is -0.117. The molecule has 2 rings (SSSR count). The van der Waals surface area contributed by atoms with Crippen molar-refractivity contribution in [3.63, 3.8) is 0 Å². The first-order valence-electron chi connectivity index (χ1n) is 6.17. The first-order chi connectivity index (χ1) is 8.24. The highest BCUT2D eigenvalue weighted by Gasteiger charge is 2.16. The molecule has 0 bridgehead atoms. The van der Waals surface area contributed by atoms with Gasteiger partial charge in [-0.2, -0.15) is 0 Å². The van der Waals surface area contributed by atoms with Gasteiger partial charge in [0.2, 0.25) is 5.91 Å². The fourth-order valence-electron chi connectivity index (χ4n) is 2.10. The van der Waals surface area contributed by atoms with E-state index in [0.717, 1.165) is 37.3 Å². The van der Waals surface area contributed by atoms with Gasteiger partial charge in [0.15, 0.2) is 0 Å². The lowest BCUT2D eigenvalue weighted by atomic mass is 9.94. The first-order valence-corrected chi connectivity index (χ1v) is 6.17. The molecule has 1 aromatic heterocycles. The lowest BCUT2D eigenvalue weighted by Crippen LogP contribution is -2.30. The second-order valence-electron chi connectivity index (χ2n) is 4.63. The van der Waals surface area contributed by atoms with Gasteiger partial charge in [0.25, 0.3) is 0 Å². The van der Waals surface area contributed by atoms with Crippen LogP contribution in [-0.2, 0) is 4.79 Å². The van der Waals surface area contributed by atoms with E-state index >= 15 is 0 Å². The van der Waals surface area contributed by atoms with Gasteiger partial charge in [0.05, 0.1) is 11.9 Å². The Bertz CT molecular complexity index is 374. The Morgan fingerprint density at radius 2 is 2.17 bits per heavy atom. The quantitative estimate of drug-likeness (QED) is 0.884. The van der Waals surface area contributed by atoms with Gasteiger partial charge in [-0.25, -0.2) is 0 Å². The third-order valence-electron chi connectivity index (χ3n) is 3.13. The van der Waals surface area contributed by atoms with Crippen LogP contribution < -0.4 is 10.6 Å². The van der Waals surface area contributed by atoms with E-state index in [1.165, 1.54) is 0 Å². The van der Waals surface area contributed by atoms with Gasteiger partial charge >= 0.3 is 0 Å².